The van der Waals surface area contributed by atoms with E-state index in [2.05, 4.69) is 128 Å². The molecule has 2 heterocycles. The average molecular weight is 500 g/mol. The van der Waals surface area contributed by atoms with Crippen LogP contribution in [0.5, 0.6) is 0 Å². The molecule has 7 rings (SSSR count). The molecule has 0 unspecified atom stereocenters. The fraction of sp³-hybridized carbons (Fsp3) is 0. The van der Waals surface area contributed by atoms with Crippen LogP contribution in [0.25, 0.3) is 60.6 Å². The van der Waals surface area contributed by atoms with Gasteiger partial charge in [-0.2, -0.15) is 0 Å². The Morgan fingerprint density at radius 3 is 2.06 bits per heavy atom. The SMILES string of the molecule is Brc1ccc(-c2nnc3c4ccccc4c4cc(-c5ccc6ccccc6c5)ccc4n23)cc1. The summed E-state index contributed by atoms with van der Waals surface area (Å²) >= 11 is 3.53. The van der Waals surface area contributed by atoms with Crippen molar-refractivity contribution >= 4 is 54.0 Å². The Hall–Kier alpha value is -4.02. The first-order valence-corrected chi connectivity index (χ1v) is 12.0. The molecule has 0 fully saturated rings. The molecular formula is C30H18BrN3. The molecule has 34 heavy (non-hydrogen) atoms. The van der Waals surface area contributed by atoms with Crippen molar-refractivity contribution in [1.82, 2.24) is 14.6 Å². The molecule has 0 radical (unpaired) electrons. The molecule has 0 spiro atoms. The van der Waals surface area contributed by atoms with E-state index in [1.54, 1.807) is 0 Å². The molecule has 2 aromatic heterocycles. The average Bonchev–Trinajstić information content (AvgIpc) is 3.34. The lowest BCUT2D eigenvalue weighted by Gasteiger charge is -2.12. The van der Waals surface area contributed by atoms with E-state index < -0.39 is 0 Å². The number of benzene rings is 5. The smallest absolute Gasteiger partial charge is 0.169 e. The largest absolute Gasteiger partial charge is 0.274 e. The summed E-state index contributed by atoms with van der Waals surface area (Å²) in [6, 6.07) is 38.5. The van der Waals surface area contributed by atoms with Crippen molar-refractivity contribution in [3.8, 4) is 22.5 Å². The van der Waals surface area contributed by atoms with Crippen molar-refractivity contribution in [1.29, 1.82) is 0 Å². The third kappa shape index (κ3) is 2.96. The highest BCUT2D eigenvalue weighted by Gasteiger charge is 2.16. The lowest BCUT2D eigenvalue weighted by atomic mass is 9.98. The predicted molar refractivity (Wildman–Crippen MR) is 144 cm³/mol. The zero-order chi connectivity index (χ0) is 22.6. The van der Waals surface area contributed by atoms with Gasteiger partial charge in [-0.05, 0) is 57.6 Å². The number of pyridine rings is 1. The molecule has 0 saturated carbocycles. The molecule has 0 saturated heterocycles. The Bertz CT molecular complexity index is 1870. The van der Waals surface area contributed by atoms with Crippen LogP contribution in [0.15, 0.2) is 114 Å². The quantitative estimate of drug-likeness (QED) is 0.224. The van der Waals surface area contributed by atoms with E-state index >= 15 is 0 Å². The van der Waals surface area contributed by atoms with Gasteiger partial charge in [0.2, 0.25) is 0 Å². The van der Waals surface area contributed by atoms with Crippen molar-refractivity contribution in [3.05, 3.63) is 114 Å². The van der Waals surface area contributed by atoms with Crippen LogP contribution in [0.1, 0.15) is 0 Å². The molecule has 0 atom stereocenters. The molecule has 0 N–H and O–H groups in total. The van der Waals surface area contributed by atoms with E-state index in [9.17, 15) is 0 Å². The summed E-state index contributed by atoms with van der Waals surface area (Å²) in [5.41, 5.74) is 5.41. The van der Waals surface area contributed by atoms with Gasteiger partial charge in [-0.15, -0.1) is 10.2 Å². The van der Waals surface area contributed by atoms with Crippen molar-refractivity contribution in [2.45, 2.75) is 0 Å². The van der Waals surface area contributed by atoms with Crippen LogP contribution in [0.3, 0.4) is 0 Å². The number of halogens is 1. The van der Waals surface area contributed by atoms with Crippen molar-refractivity contribution in [2.75, 3.05) is 0 Å². The first kappa shape index (κ1) is 19.4. The van der Waals surface area contributed by atoms with Crippen molar-refractivity contribution in [2.24, 2.45) is 0 Å². The van der Waals surface area contributed by atoms with Gasteiger partial charge in [-0.1, -0.05) is 94.8 Å². The summed E-state index contributed by atoms with van der Waals surface area (Å²) in [4.78, 5) is 0. The van der Waals surface area contributed by atoms with Gasteiger partial charge < -0.3 is 0 Å². The van der Waals surface area contributed by atoms with Gasteiger partial charge in [0.25, 0.3) is 0 Å². The molecule has 7 aromatic rings. The van der Waals surface area contributed by atoms with Crippen LogP contribution in [0.2, 0.25) is 0 Å². The highest BCUT2D eigenvalue weighted by molar-refractivity contribution is 9.10. The van der Waals surface area contributed by atoms with Crippen LogP contribution in [-0.4, -0.2) is 14.6 Å². The normalized spacial score (nSPS) is 11.7. The lowest BCUT2D eigenvalue weighted by Crippen LogP contribution is -1.95. The van der Waals surface area contributed by atoms with Gasteiger partial charge in [0, 0.05) is 20.8 Å². The highest BCUT2D eigenvalue weighted by atomic mass is 79.9. The van der Waals surface area contributed by atoms with E-state index in [0.717, 1.165) is 32.4 Å². The molecule has 0 bridgehead atoms. The van der Waals surface area contributed by atoms with E-state index in [1.807, 2.05) is 12.1 Å². The second-order valence-electron chi connectivity index (χ2n) is 8.53. The van der Waals surface area contributed by atoms with Crippen molar-refractivity contribution < 1.29 is 0 Å². The molecular weight excluding hydrogens is 482 g/mol. The number of hydrogen-bond donors (Lipinski definition) is 0. The van der Waals surface area contributed by atoms with Crippen LogP contribution in [-0.2, 0) is 0 Å². The molecule has 0 aliphatic heterocycles. The summed E-state index contributed by atoms with van der Waals surface area (Å²) in [6.45, 7) is 0. The summed E-state index contributed by atoms with van der Waals surface area (Å²) < 4.78 is 3.23. The number of fused-ring (bicyclic) bond motifs is 7. The molecule has 0 aliphatic carbocycles. The molecule has 4 heteroatoms. The Kier molecular flexibility index (Phi) is 4.29. The lowest BCUT2D eigenvalue weighted by molar-refractivity contribution is 1.12. The summed E-state index contributed by atoms with van der Waals surface area (Å²) in [7, 11) is 0. The van der Waals surface area contributed by atoms with Crippen LogP contribution >= 0.6 is 15.9 Å². The Morgan fingerprint density at radius 2 is 1.21 bits per heavy atom. The fourth-order valence-corrected chi connectivity index (χ4v) is 5.15. The summed E-state index contributed by atoms with van der Waals surface area (Å²) in [6.07, 6.45) is 0. The maximum absolute atomic E-state index is 4.61. The monoisotopic (exact) mass is 499 g/mol. The Balaban J connectivity index is 1.54. The second kappa shape index (κ2) is 7.51. The zero-order valence-corrected chi connectivity index (χ0v) is 19.7. The Morgan fingerprint density at radius 1 is 0.529 bits per heavy atom. The van der Waals surface area contributed by atoms with Crippen molar-refractivity contribution in [3.63, 3.8) is 0 Å². The van der Waals surface area contributed by atoms with Gasteiger partial charge >= 0.3 is 0 Å². The number of aromatic nitrogens is 3. The molecule has 5 aromatic carbocycles. The first-order chi connectivity index (χ1) is 16.8. The second-order valence-corrected chi connectivity index (χ2v) is 9.44. The number of nitrogens with zero attached hydrogens (tertiary/aromatic N) is 3. The fourth-order valence-electron chi connectivity index (χ4n) is 4.88. The van der Waals surface area contributed by atoms with Gasteiger partial charge in [-0.3, -0.25) is 4.40 Å². The van der Waals surface area contributed by atoms with Crippen LogP contribution < -0.4 is 0 Å². The van der Waals surface area contributed by atoms with Crippen LogP contribution in [0, 0.1) is 0 Å². The van der Waals surface area contributed by atoms with E-state index in [1.165, 1.54) is 32.7 Å². The van der Waals surface area contributed by atoms with Gasteiger partial charge in [0.1, 0.15) is 0 Å². The minimum absolute atomic E-state index is 0.844. The Labute approximate surface area is 204 Å². The van der Waals surface area contributed by atoms with Crippen LogP contribution in [0.4, 0.5) is 0 Å². The number of hydrogen-bond acceptors (Lipinski definition) is 2. The van der Waals surface area contributed by atoms with E-state index in [4.69, 9.17) is 0 Å². The maximum Gasteiger partial charge on any atom is 0.169 e. The highest BCUT2D eigenvalue weighted by Crippen LogP contribution is 2.35. The standard InChI is InChI=1S/C30H18BrN3/c31-24-14-11-20(12-15-24)29-32-33-30-26-8-4-3-7-25(26)27-18-23(13-16-28(27)34(29)30)22-10-9-19-5-1-2-6-21(19)17-22/h1-18H. The molecule has 3 nitrogen and oxygen atoms in total. The minimum atomic E-state index is 0.844. The predicted octanol–water partition coefficient (Wildman–Crippen LogP) is 8.29. The topological polar surface area (TPSA) is 30.2 Å². The van der Waals surface area contributed by atoms with E-state index in [-0.39, 0.29) is 0 Å². The zero-order valence-electron chi connectivity index (χ0n) is 18.1. The third-order valence-electron chi connectivity index (χ3n) is 6.54. The first-order valence-electron chi connectivity index (χ1n) is 11.2. The molecule has 160 valence electrons. The summed E-state index contributed by atoms with van der Waals surface area (Å²) in [5.74, 6) is 0.844. The maximum atomic E-state index is 4.61. The minimum Gasteiger partial charge on any atom is -0.274 e. The number of rotatable bonds is 2. The van der Waals surface area contributed by atoms with Gasteiger partial charge in [-0.25, -0.2) is 0 Å². The van der Waals surface area contributed by atoms with Gasteiger partial charge in [0.15, 0.2) is 11.5 Å². The molecule has 0 amide bonds. The van der Waals surface area contributed by atoms with E-state index in [0.29, 0.717) is 0 Å². The van der Waals surface area contributed by atoms with Gasteiger partial charge in [0.05, 0.1) is 5.52 Å². The summed E-state index contributed by atoms with van der Waals surface area (Å²) in [5, 5.41) is 15.2. The third-order valence-corrected chi connectivity index (χ3v) is 7.07. The molecule has 0 aliphatic rings.